The van der Waals surface area contributed by atoms with Gasteiger partial charge < -0.3 is 5.11 Å². The number of nitrogens with zero attached hydrogens (tertiary/aromatic N) is 1. The number of aliphatic carboxylic acids is 1. The Labute approximate surface area is 125 Å². The summed E-state index contributed by atoms with van der Waals surface area (Å²) in [5.41, 5.74) is 3.62. The summed E-state index contributed by atoms with van der Waals surface area (Å²) in [4.78, 5) is 12.9. The lowest BCUT2D eigenvalue weighted by Crippen LogP contribution is -2.28. The van der Waals surface area contributed by atoms with Crippen molar-refractivity contribution < 1.29 is 9.90 Å². The maximum absolute atomic E-state index is 10.8. The van der Waals surface area contributed by atoms with Crippen LogP contribution < -0.4 is 0 Å². The van der Waals surface area contributed by atoms with E-state index in [1.54, 1.807) is 0 Å². The third kappa shape index (κ3) is 3.92. The normalized spacial score (nSPS) is 12.3. The van der Waals surface area contributed by atoms with Crippen molar-refractivity contribution in [3.8, 4) is 0 Å². The summed E-state index contributed by atoms with van der Waals surface area (Å²) >= 11 is 0. The van der Waals surface area contributed by atoms with Crippen LogP contribution in [0.4, 0.5) is 0 Å². The number of carbonyl (C=O) groups is 1. The van der Waals surface area contributed by atoms with Gasteiger partial charge in [0.25, 0.3) is 0 Å². The molecule has 0 heterocycles. The van der Waals surface area contributed by atoms with E-state index < -0.39 is 5.97 Å². The van der Waals surface area contributed by atoms with Crippen LogP contribution >= 0.6 is 0 Å². The van der Waals surface area contributed by atoms with E-state index in [9.17, 15) is 4.79 Å². The molecule has 1 atom stereocenters. The zero-order valence-electron chi connectivity index (χ0n) is 12.5. The van der Waals surface area contributed by atoms with Crippen LogP contribution in [-0.4, -0.2) is 29.6 Å². The standard InChI is InChI=1S/C18H21NO2/c1-14-8-6-7-11-16(14)18(15-9-4-3-5-10-15)19(2)13-12-17(20)21/h3-11,18H,12-13H2,1-2H3,(H,20,21). The van der Waals surface area contributed by atoms with Gasteiger partial charge in [-0.3, -0.25) is 9.69 Å². The maximum atomic E-state index is 10.8. The molecule has 0 spiro atoms. The third-order valence-corrected chi connectivity index (χ3v) is 3.72. The molecule has 110 valence electrons. The predicted octanol–water partition coefficient (Wildman–Crippen LogP) is 3.49. The van der Waals surface area contributed by atoms with Crippen molar-refractivity contribution in [2.75, 3.05) is 13.6 Å². The number of aryl methyl sites for hydroxylation is 1. The lowest BCUT2D eigenvalue weighted by Gasteiger charge is -2.29. The minimum absolute atomic E-state index is 0.0757. The molecule has 0 saturated carbocycles. The van der Waals surface area contributed by atoms with Gasteiger partial charge in [0.15, 0.2) is 0 Å². The van der Waals surface area contributed by atoms with E-state index in [0.717, 1.165) is 0 Å². The Bertz CT molecular complexity index is 595. The van der Waals surface area contributed by atoms with Gasteiger partial charge in [-0.25, -0.2) is 0 Å². The average Bonchev–Trinajstić information content (AvgIpc) is 2.48. The first-order valence-corrected chi connectivity index (χ1v) is 7.12. The molecule has 0 aliphatic rings. The largest absolute Gasteiger partial charge is 0.481 e. The molecule has 2 rings (SSSR count). The van der Waals surface area contributed by atoms with Crippen LogP contribution in [-0.2, 0) is 4.79 Å². The van der Waals surface area contributed by atoms with Crippen LogP contribution in [0.25, 0.3) is 0 Å². The van der Waals surface area contributed by atoms with Crippen LogP contribution in [0, 0.1) is 6.92 Å². The summed E-state index contributed by atoms with van der Waals surface area (Å²) < 4.78 is 0. The molecule has 0 aliphatic carbocycles. The van der Waals surface area contributed by atoms with Crippen molar-refractivity contribution in [3.05, 3.63) is 71.3 Å². The van der Waals surface area contributed by atoms with Gasteiger partial charge in [0.2, 0.25) is 0 Å². The van der Waals surface area contributed by atoms with Crippen LogP contribution in [0.5, 0.6) is 0 Å². The molecule has 3 heteroatoms. The number of benzene rings is 2. The highest BCUT2D eigenvalue weighted by Gasteiger charge is 2.20. The monoisotopic (exact) mass is 283 g/mol. The van der Waals surface area contributed by atoms with Crippen molar-refractivity contribution >= 4 is 5.97 Å². The second-order valence-corrected chi connectivity index (χ2v) is 5.29. The van der Waals surface area contributed by atoms with E-state index in [0.29, 0.717) is 6.54 Å². The molecule has 1 N–H and O–H groups in total. The molecule has 3 nitrogen and oxygen atoms in total. The van der Waals surface area contributed by atoms with E-state index >= 15 is 0 Å². The van der Waals surface area contributed by atoms with E-state index in [2.05, 4.69) is 36.1 Å². The highest BCUT2D eigenvalue weighted by molar-refractivity contribution is 5.66. The van der Waals surface area contributed by atoms with Crippen LogP contribution in [0.15, 0.2) is 54.6 Å². The first kappa shape index (κ1) is 15.3. The Morgan fingerprint density at radius 3 is 2.33 bits per heavy atom. The average molecular weight is 283 g/mol. The van der Waals surface area contributed by atoms with Gasteiger partial charge in [-0.15, -0.1) is 0 Å². The topological polar surface area (TPSA) is 40.5 Å². The number of hydrogen-bond donors (Lipinski definition) is 1. The van der Waals surface area contributed by atoms with Gasteiger partial charge in [0.1, 0.15) is 0 Å². The number of hydrogen-bond acceptors (Lipinski definition) is 2. The lowest BCUT2D eigenvalue weighted by atomic mass is 9.94. The van der Waals surface area contributed by atoms with Gasteiger partial charge in [-0.1, -0.05) is 54.6 Å². The van der Waals surface area contributed by atoms with Crippen molar-refractivity contribution in [3.63, 3.8) is 0 Å². The highest BCUT2D eigenvalue weighted by Crippen LogP contribution is 2.29. The minimum Gasteiger partial charge on any atom is -0.481 e. The van der Waals surface area contributed by atoms with Gasteiger partial charge in [0.05, 0.1) is 12.5 Å². The lowest BCUT2D eigenvalue weighted by molar-refractivity contribution is -0.137. The molecule has 1 unspecified atom stereocenters. The molecule has 21 heavy (non-hydrogen) atoms. The first-order chi connectivity index (χ1) is 10.1. The molecule has 0 aromatic heterocycles. The van der Waals surface area contributed by atoms with Crippen molar-refractivity contribution in [1.82, 2.24) is 4.90 Å². The van der Waals surface area contributed by atoms with Gasteiger partial charge in [-0.2, -0.15) is 0 Å². The molecule has 0 amide bonds. The number of carboxylic acids is 1. The fourth-order valence-electron chi connectivity index (χ4n) is 2.60. The van der Waals surface area contributed by atoms with Crippen LogP contribution in [0.1, 0.15) is 29.2 Å². The summed E-state index contributed by atoms with van der Waals surface area (Å²) in [6.07, 6.45) is 0.145. The quantitative estimate of drug-likeness (QED) is 0.882. The maximum Gasteiger partial charge on any atom is 0.304 e. The number of carboxylic acid groups (broad SMARTS) is 1. The minimum atomic E-state index is -0.765. The SMILES string of the molecule is Cc1ccccc1C(c1ccccc1)N(C)CCC(=O)O. The van der Waals surface area contributed by atoms with Gasteiger partial charge in [0, 0.05) is 6.54 Å². The molecule has 0 fully saturated rings. The molecule has 2 aromatic carbocycles. The second-order valence-electron chi connectivity index (χ2n) is 5.29. The Morgan fingerprint density at radius 2 is 1.71 bits per heavy atom. The summed E-state index contributed by atoms with van der Waals surface area (Å²) in [5.74, 6) is -0.765. The van der Waals surface area contributed by atoms with Gasteiger partial charge in [-0.05, 0) is 30.7 Å². The summed E-state index contributed by atoms with van der Waals surface area (Å²) in [7, 11) is 1.98. The number of rotatable bonds is 6. The molecule has 0 saturated heterocycles. The Morgan fingerprint density at radius 1 is 1.10 bits per heavy atom. The zero-order chi connectivity index (χ0) is 15.2. The first-order valence-electron chi connectivity index (χ1n) is 7.12. The molecular formula is C18H21NO2. The van der Waals surface area contributed by atoms with E-state index in [1.165, 1.54) is 16.7 Å². The third-order valence-electron chi connectivity index (χ3n) is 3.72. The fraction of sp³-hybridized carbons (Fsp3) is 0.278. The van der Waals surface area contributed by atoms with E-state index in [-0.39, 0.29) is 12.5 Å². The molecule has 2 aromatic rings. The summed E-state index contributed by atoms with van der Waals surface area (Å²) in [5, 5.41) is 8.91. The zero-order valence-corrected chi connectivity index (χ0v) is 12.5. The smallest absolute Gasteiger partial charge is 0.304 e. The fourth-order valence-corrected chi connectivity index (χ4v) is 2.60. The van der Waals surface area contributed by atoms with E-state index in [4.69, 9.17) is 5.11 Å². The highest BCUT2D eigenvalue weighted by atomic mass is 16.4. The van der Waals surface area contributed by atoms with Crippen LogP contribution in [0.3, 0.4) is 0 Å². The molecule has 0 bridgehead atoms. The van der Waals surface area contributed by atoms with Crippen molar-refractivity contribution in [2.45, 2.75) is 19.4 Å². The summed E-state index contributed by atoms with van der Waals surface area (Å²) in [6, 6.07) is 18.6. The molecule has 0 radical (unpaired) electrons. The van der Waals surface area contributed by atoms with Gasteiger partial charge >= 0.3 is 5.97 Å². The summed E-state index contributed by atoms with van der Waals surface area (Å²) in [6.45, 7) is 2.61. The Kier molecular flexibility index (Phi) is 5.12. The Hall–Kier alpha value is -2.13. The van der Waals surface area contributed by atoms with Crippen molar-refractivity contribution in [1.29, 1.82) is 0 Å². The second kappa shape index (κ2) is 7.04. The Balaban J connectivity index is 2.35. The van der Waals surface area contributed by atoms with Crippen LogP contribution in [0.2, 0.25) is 0 Å². The van der Waals surface area contributed by atoms with E-state index in [1.807, 2.05) is 37.4 Å². The molecule has 0 aliphatic heterocycles. The predicted molar refractivity (Wildman–Crippen MR) is 84.3 cm³/mol. The van der Waals surface area contributed by atoms with Crippen molar-refractivity contribution in [2.24, 2.45) is 0 Å². The molecular weight excluding hydrogens is 262 g/mol.